The molecule has 0 N–H and O–H groups in total. The molecule has 0 atom stereocenters. The second-order valence-corrected chi connectivity index (χ2v) is 14.9. The lowest BCUT2D eigenvalue weighted by Gasteiger charge is -2.35. The molecule has 0 saturated carbocycles. The van der Waals surface area contributed by atoms with E-state index in [0.29, 0.717) is 38.9 Å². The number of hydrogen-bond acceptors (Lipinski definition) is 7. The van der Waals surface area contributed by atoms with Gasteiger partial charge in [-0.15, -0.1) is 0 Å². The highest BCUT2D eigenvalue weighted by molar-refractivity contribution is 7.90. The summed E-state index contributed by atoms with van der Waals surface area (Å²) in [5.74, 6) is 1.04. The van der Waals surface area contributed by atoms with Crippen LogP contribution >= 0.6 is 0 Å². The highest BCUT2D eigenvalue weighted by Gasteiger charge is 2.47. The monoisotopic (exact) mass is 692 g/mol. The highest BCUT2D eigenvalue weighted by atomic mass is 32.2. The zero-order valence-corrected chi connectivity index (χ0v) is 28.5. The lowest BCUT2D eigenvalue weighted by molar-refractivity contribution is 0.0504. The van der Waals surface area contributed by atoms with Gasteiger partial charge in [0.15, 0.2) is 5.60 Å². The molecule has 0 aliphatic rings. The molecule has 5 aromatic carbocycles. The highest BCUT2D eigenvalue weighted by Crippen LogP contribution is 2.47. The summed E-state index contributed by atoms with van der Waals surface area (Å²) in [5, 5.41) is 1.09. The smallest absolute Gasteiger partial charge is 0.268 e. The average Bonchev–Trinajstić information content (AvgIpc) is 3.73. The van der Waals surface area contributed by atoms with Gasteiger partial charge in [-0.25, -0.2) is 24.8 Å². The summed E-state index contributed by atoms with van der Waals surface area (Å²) in [7, 11) is -4.10. The summed E-state index contributed by atoms with van der Waals surface area (Å²) in [4.78, 5) is 0.0923. The van der Waals surface area contributed by atoms with Crippen LogP contribution < -0.4 is 9.47 Å². The van der Waals surface area contributed by atoms with Crippen LogP contribution in [0.1, 0.15) is 17.0 Å². The molecule has 0 radical (unpaired) electrons. The number of nitrogens with zero attached hydrogens (tertiary/aromatic N) is 2. The quantitative estimate of drug-likeness (QED) is 0.152. The fraction of sp³-hybridized carbons (Fsp3) is 0.105. The van der Waals surface area contributed by atoms with Gasteiger partial charge in [-0.3, -0.25) is 0 Å². The van der Waals surface area contributed by atoms with Gasteiger partial charge >= 0.3 is 0 Å². The standard InChI is InChI=1S/C38H32N2O7S2/c1-45-30-19-21-34-27(23-30)25-36(39(34)48(41,42)32-15-9-5-10-16-32)38(47-3,29-13-7-4-8-14-29)37-26-28-24-31(46-2)20-22-35(28)40(37)49(43,44)33-17-11-6-12-18-33/h4-26H,1-3H3. The molecule has 0 saturated heterocycles. The Morgan fingerprint density at radius 3 is 1.24 bits per heavy atom. The molecule has 0 aliphatic heterocycles. The Hall–Kier alpha value is -5.36. The average molecular weight is 693 g/mol. The van der Waals surface area contributed by atoms with Crippen molar-refractivity contribution in [2.75, 3.05) is 21.3 Å². The minimum atomic E-state index is -4.31. The third-order valence-electron chi connectivity index (χ3n) is 8.70. The second kappa shape index (κ2) is 12.3. The van der Waals surface area contributed by atoms with Gasteiger partial charge < -0.3 is 14.2 Å². The van der Waals surface area contributed by atoms with E-state index in [1.165, 1.54) is 53.5 Å². The molecular weight excluding hydrogens is 661 g/mol. The molecule has 2 heterocycles. The topological polar surface area (TPSA) is 106 Å². The van der Waals surface area contributed by atoms with Crippen LogP contribution in [0.5, 0.6) is 11.5 Å². The van der Waals surface area contributed by atoms with Gasteiger partial charge in [-0.2, -0.15) is 0 Å². The Balaban J connectivity index is 1.69. The first-order valence-corrected chi connectivity index (χ1v) is 18.2. The van der Waals surface area contributed by atoms with E-state index in [1.807, 2.05) is 6.07 Å². The summed E-state index contributed by atoms with van der Waals surface area (Å²) in [5.41, 5.74) is -0.292. The lowest BCUT2D eigenvalue weighted by Crippen LogP contribution is -2.38. The van der Waals surface area contributed by atoms with Gasteiger partial charge in [0.1, 0.15) is 11.5 Å². The van der Waals surface area contributed by atoms with Crippen LogP contribution in [0.4, 0.5) is 0 Å². The maximum Gasteiger partial charge on any atom is 0.268 e. The van der Waals surface area contributed by atoms with E-state index in [2.05, 4.69) is 0 Å². The number of hydrogen-bond donors (Lipinski definition) is 0. The van der Waals surface area contributed by atoms with Crippen LogP contribution in [0.3, 0.4) is 0 Å². The van der Waals surface area contributed by atoms with Crippen molar-refractivity contribution in [2.24, 2.45) is 0 Å². The second-order valence-electron chi connectivity index (χ2n) is 11.3. The van der Waals surface area contributed by atoms with E-state index in [-0.39, 0.29) is 21.2 Å². The van der Waals surface area contributed by atoms with E-state index in [4.69, 9.17) is 14.2 Å². The molecule has 11 heteroatoms. The Bertz CT molecular complexity index is 2370. The summed E-state index contributed by atoms with van der Waals surface area (Å²) < 4.78 is 79.3. The maximum atomic E-state index is 14.8. The van der Waals surface area contributed by atoms with Crippen LogP contribution in [0.25, 0.3) is 21.8 Å². The van der Waals surface area contributed by atoms with Crippen molar-refractivity contribution in [3.63, 3.8) is 0 Å². The van der Waals surface area contributed by atoms with Gasteiger partial charge in [-0.1, -0.05) is 66.7 Å². The van der Waals surface area contributed by atoms with Crippen molar-refractivity contribution in [3.8, 4) is 11.5 Å². The molecule has 9 nitrogen and oxygen atoms in total. The maximum absolute atomic E-state index is 14.8. The van der Waals surface area contributed by atoms with Crippen LogP contribution in [-0.4, -0.2) is 46.1 Å². The molecule has 0 aliphatic carbocycles. The predicted octanol–water partition coefficient (Wildman–Crippen LogP) is 7.03. The van der Waals surface area contributed by atoms with Gasteiger partial charge in [0.25, 0.3) is 20.0 Å². The van der Waals surface area contributed by atoms with Crippen molar-refractivity contribution in [3.05, 3.63) is 156 Å². The normalized spacial score (nSPS) is 12.4. The molecule has 0 spiro atoms. The number of aromatic nitrogens is 2. The van der Waals surface area contributed by atoms with E-state index in [1.54, 1.807) is 109 Å². The van der Waals surface area contributed by atoms with Crippen molar-refractivity contribution in [2.45, 2.75) is 15.4 Å². The van der Waals surface area contributed by atoms with Crippen molar-refractivity contribution < 1.29 is 31.0 Å². The van der Waals surface area contributed by atoms with Gasteiger partial charge in [0, 0.05) is 17.9 Å². The Morgan fingerprint density at radius 1 is 0.490 bits per heavy atom. The molecule has 248 valence electrons. The number of ether oxygens (including phenoxy) is 3. The number of fused-ring (bicyclic) bond motifs is 2. The van der Waals surface area contributed by atoms with E-state index in [0.717, 1.165) is 0 Å². The number of rotatable bonds is 10. The van der Waals surface area contributed by atoms with E-state index >= 15 is 0 Å². The Morgan fingerprint density at radius 2 is 0.878 bits per heavy atom. The first-order valence-electron chi connectivity index (χ1n) is 15.3. The number of benzene rings is 5. The molecule has 7 aromatic rings. The van der Waals surface area contributed by atoms with Gasteiger partial charge in [0.05, 0.1) is 46.4 Å². The van der Waals surface area contributed by atoms with E-state index in [9.17, 15) is 16.8 Å². The Kier molecular flexibility index (Phi) is 8.06. The van der Waals surface area contributed by atoms with Crippen LogP contribution in [0.15, 0.2) is 149 Å². The SMILES string of the molecule is COc1ccc2c(c1)cc(C(OC)(c1ccccc1)c1cc3cc(OC)ccc3n1S(=O)(=O)c1ccccc1)n2S(=O)(=O)c1ccccc1. The summed E-state index contributed by atoms with van der Waals surface area (Å²) >= 11 is 0. The molecule has 0 fully saturated rings. The van der Waals surface area contributed by atoms with Crippen LogP contribution in [0, 0.1) is 0 Å². The largest absolute Gasteiger partial charge is 0.497 e. The van der Waals surface area contributed by atoms with E-state index < -0.39 is 25.6 Å². The minimum Gasteiger partial charge on any atom is -0.497 e. The van der Waals surface area contributed by atoms with Crippen molar-refractivity contribution in [1.29, 1.82) is 0 Å². The van der Waals surface area contributed by atoms with Crippen molar-refractivity contribution >= 4 is 41.9 Å². The first kappa shape index (κ1) is 32.2. The first-order chi connectivity index (χ1) is 23.7. The third kappa shape index (κ3) is 5.09. The molecule has 0 unspecified atom stereocenters. The predicted molar refractivity (Wildman–Crippen MR) is 188 cm³/mol. The third-order valence-corrected chi connectivity index (χ3v) is 12.2. The number of methoxy groups -OCH3 is 3. The molecule has 49 heavy (non-hydrogen) atoms. The molecule has 7 rings (SSSR count). The summed E-state index contributed by atoms with van der Waals surface area (Å²) in [6.45, 7) is 0. The Labute approximate surface area is 284 Å². The van der Waals surface area contributed by atoms with Crippen LogP contribution in [0.2, 0.25) is 0 Å². The lowest BCUT2D eigenvalue weighted by atomic mass is 9.86. The zero-order valence-electron chi connectivity index (χ0n) is 26.8. The van der Waals surface area contributed by atoms with Crippen LogP contribution in [-0.2, 0) is 30.4 Å². The fourth-order valence-corrected chi connectivity index (χ4v) is 9.58. The zero-order chi connectivity index (χ0) is 34.4. The van der Waals surface area contributed by atoms with Gasteiger partial charge in [-0.05, 0) is 78.4 Å². The molecule has 0 amide bonds. The summed E-state index contributed by atoms with van der Waals surface area (Å²) in [6, 6.07) is 38.8. The van der Waals surface area contributed by atoms with Crippen molar-refractivity contribution in [1.82, 2.24) is 7.94 Å². The minimum absolute atomic E-state index is 0.0461. The van der Waals surface area contributed by atoms with Gasteiger partial charge in [0.2, 0.25) is 0 Å². The molecule has 2 aromatic heterocycles. The summed E-state index contributed by atoms with van der Waals surface area (Å²) in [6.07, 6.45) is 0. The molecular formula is C38H32N2O7S2. The fourth-order valence-electron chi connectivity index (χ4n) is 6.42. The molecule has 0 bridgehead atoms.